The van der Waals surface area contributed by atoms with E-state index < -0.39 is 0 Å². The van der Waals surface area contributed by atoms with Gasteiger partial charge in [-0.1, -0.05) is 12.1 Å². The molecular formula is C25H30N4S. The number of nitrogens with zero attached hydrogens (tertiary/aromatic N) is 3. The van der Waals surface area contributed by atoms with E-state index in [9.17, 15) is 0 Å². The summed E-state index contributed by atoms with van der Waals surface area (Å²) in [4.78, 5) is 6.95. The van der Waals surface area contributed by atoms with Crippen LogP contribution in [0.4, 0.5) is 5.69 Å². The highest BCUT2D eigenvalue weighted by molar-refractivity contribution is 7.80. The molecule has 5 heteroatoms. The maximum atomic E-state index is 5.88. The summed E-state index contributed by atoms with van der Waals surface area (Å²) < 4.78 is 2.41. The lowest BCUT2D eigenvalue weighted by Gasteiger charge is -2.29. The van der Waals surface area contributed by atoms with Gasteiger partial charge in [-0.15, -0.1) is 0 Å². The van der Waals surface area contributed by atoms with Crippen molar-refractivity contribution in [1.29, 1.82) is 0 Å². The van der Waals surface area contributed by atoms with Crippen molar-refractivity contribution >= 4 is 23.0 Å². The Bertz CT molecular complexity index is 1060. The SMILES string of the molecule is Cc1cc(C)cc(N2C(=S)N[C@@H](c3ccccn3)[C@@H]2c2cc(C)n(C(C)C)c2C)c1. The minimum atomic E-state index is -0.0133. The Morgan fingerprint density at radius 2 is 1.70 bits per heavy atom. The summed E-state index contributed by atoms with van der Waals surface area (Å²) in [5, 5.41) is 4.32. The lowest BCUT2D eigenvalue weighted by atomic mass is 9.96. The minimum Gasteiger partial charge on any atom is -0.351 e. The lowest BCUT2D eigenvalue weighted by Crippen LogP contribution is -2.29. The Labute approximate surface area is 184 Å². The highest BCUT2D eigenvalue weighted by atomic mass is 32.1. The number of aryl methyl sites for hydroxylation is 3. The van der Waals surface area contributed by atoms with Crippen molar-refractivity contribution in [3.63, 3.8) is 0 Å². The third-order valence-corrected chi connectivity index (χ3v) is 6.26. The van der Waals surface area contributed by atoms with Gasteiger partial charge in [-0.25, -0.2) is 0 Å². The van der Waals surface area contributed by atoms with Crippen LogP contribution < -0.4 is 10.2 Å². The second-order valence-corrected chi connectivity index (χ2v) is 9.02. The first kappa shape index (κ1) is 20.6. The molecule has 3 heterocycles. The number of nitrogens with one attached hydrogen (secondary N) is 1. The second-order valence-electron chi connectivity index (χ2n) is 8.63. The summed E-state index contributed by atoms with van der Waals surface area (Å²) in [7, 11) is 0. The first-order valence-corrected chi connectivity index (χ1v) is 11.0. The maximum absolute atomic E-state index is 5.88. The normalized spacial score (nSPS) is 18.9. The molecule has 4 rings (SSSR count). The van der Waals surface area contributed by atoms with Gasteiger partial charge in [0, 0.05) is 29.3 Å². The quantitative estimate of drug-likeness (QED) is 0.537. The lowest BCUT2D eigenvalue weighted by molar-refractivity contribution is 0.547. The van der Waals surface area contributed by atoms with Gasteiger partial charge >= 0.3 is 0 Å². The highest BCUT2D eigenvalue weighted by Gasteiger charge is 2.42. The average Bonchev–Trinajstić information content (AvgIpc) is 3.17. The molecule has 156 valence electrons. The summed E-state index contributed by atoms with van der Waals surface area (Å²) in [5.41, 5.74) is 8.46. The van der Waals surface area contributed by atoms with Crippen molar-refractivity contribution in [2.45, 2.75) is 59.7 Å². The Balaban J connectivity index is 1.91. The van der Waals surface area contributed by atoms with Gasteiger partial charge in [0.05, 0.1) is 17.8 Å². The Hall–Kier alpha value is -2.66. The van der Waals surface area contributed by atoms with Crippen LogP contribution in [0.2, 0.25) is 0 Å². The summed E-state index contributed by atoms with van der Waals surface area (Å²) >= 11 is 5.88. The molecule has 0 radical (unpaired) electrons. The van der Waals surface area contributed by atoms with E-state index in [0.717, 1.165) is 16.5 Å². The standard InChI is InChI=1S/C25H30N4S/c1-15(2)28-18(5)14-21(19(28)6)24-23(22-9-7-8-10-26-22)27-25(30)29(24)20-12-16(3)11-17(4)13-20/h7-15,23-24H,1-6H3,(H,27,30)/t23-,24-/m0/s1. The van der Waals surface area contributed by atoms with Crippen molar-refractivity contribution in [1.82, 2.24) is 14.9 Å². The first-order valence-electron chi connectivity index (χ1n) is 10.5. The van der Waals surface area contributed by atoms with Crippen molar-refractivity contribution in [3.05, 3.63) is 82.4 Å². The largest absolute Gasteiger partial charge is 0.351 e. The molecule has 1 N–H and O–H groups in total. The smallest absolute Gasteiger partial charge is 0.174 e. The van der Waals surface area contributed by atoms with Crippen LogP contribution >= 0.6 is 12.2 Å². The third kappa shape index (κ3) is 3.52. The number of benzene rings is 1. The summed E-state index contributed by atoms with van der Waals surface area (Å²) in [6.07, 6.45) is 1.86. The number of aromatic nitrogens is 2. The molecule has 0 unspecified atom stereocenters. The molecule has 4 nitrogen and oxygen atoms in total. The molecule has 0 amide bonds. The number of hydrogen-bond acceptors (Lipinski definition) is 2. The molecule has 1 fully saturated rings. The second kappa shape index (κ2) is 7.88. The predicted octanol–water partition coefficient (Wildman–Crippen LogP) is 5.87. The van der Waals surface area contributed by atoms with Crippen LogP contribution in [0.25, 0.3) is 0 Å². The van der Waals surface area contributed by atoms with E-state index in [0.29, 0.717) is 6.04 Å². The van der Waals surface area contributed by atoms with Gasteiger partial charge in [-0.05, 0) is 101 Å². The Morgan fingerprint density at radius 3 is 2.27 bits per heavy atom. The van der Waals surface area contributed by atoms with Crippen LogP contribution in [0.5, 0.6) is 0 Å². The molecule has 1 saturated heterocycles. The van der Waals surface area contributed by atoms with Crippen molar-refractivity contribution in [2.24, 2.45) is 0 Å². The Kier molecular flexibility index (Phi) is 5.41. The van der Waals surface area contributed by atoms with Gasteiger partial charge in [-0.2, -0.15) is 0 Å². The zero-order chi connectivity index (χ0) is 21.6. The van der Waals surface area contributed by atoms with E-state index >= 15 is 0 Å². The molecule has 0 spiro atoms. The van der Waals surface area contributed by atoms with Crippen molar-refractivity contribution < 1.29 is 0 Å². The molecular weight excluding hydrogens is 388 g/mol. The van der Waals surface area contributed by atoms with E-state index in [1.54, 1.807) is 0 Å². The van der Waals surface area contributed by atoms with Gasteiger partial charge in [-0.3, -0.25) is 4.98 Å². The van der Waals surface area contributed by atoms with E-state index in [-0.39, 0.29) is 12.1 Å². The molecule has 30 heavy (non-hydrogen) atoms. The highest BCUT2D eigenvalue weighted by Crippen LogP contribution is 2.44. The fraction of sp³-hybridized carbons (Fsp3) is 0.360. The molecule has 1 aliphatic rings. The van der Waals surface area contributed by atoms with Gasteiger partial charge in [0.25, 0.3) is 0 Å². The molecule has 3 aromatic rings. The fourth-order valence-corrected chi connectivity index (χ4v) is 5.28. The van der Waals surface area contributed by atoms with Crippen LogP contribution in [0.15, 0.2) is 48.7 Å². The van der Waals surface area contributed by atoms with E-state index in [4.69, 9.17) is 12.2 Å². The first-order chi connectivity index (χ1) is 14.3. The van der Waals surface area contributed by atoms with Gasteiger partial charge < -0.3 is 14.8 Å². The molecule has 0 bridgehead atoms. The zero-order valence-electron chi connectivity index (χ0n) is 18.6. The van der Waals surface area contributed by atoms with Crippen molar-refractivity contribution in [3.8, 4) is 0 Å². The number of rotatable bonds is 4. The summed E-state index contributed by atoms with van der Waals surface area (Å²) in [6, 6.07) is 15.5. The minimum absolute atomic E-state index is 0.0133. The number of pyridine rings is 1. The third-order valence-electron chi connectivity index (χ3n) is 5.94. The van der Waals surface area contributed by atoms with Crippen LogP contribution in [-0.2, 0) is 0 Å². The number of hydrogen-bond donors (Lipinski definition) is 1. The molecule has 2 atom stereocenters. The van der Waals surface area contributed by atoms with E-state index in [1.165, 1.54) is 28.1 Å². The van der Waals surface area contributed by atoms with E-state index in [1.807, 2.05) is 18.3 Å². The zero-order valence-corrected chi connectivity index (χ0v) is 19.4. The average molecular weight is 419 g/mol. The number of thiocarbonyl (C=S) groups is 1. The van der Waals surface area contributed by atoms with Gasteiger partial charge in [0.15, 0.2) is 5.11 Å². The van der Waals surface area contributed by atoms with Crippen molar-refractivity contribution in [2.75, 3.05) is 4.90 Å². The predicted molar refractivity (Wildman–Crippen MR) is 128 cm³/mol. The van der Waals surface area contributed by atoms with Crippen LogP contribution in [-0.4, -0.2) is 14.7 Å². The molecule has 0 saturated carbocycles. The maximum Gasteiger partial charge on any atom is 0.174 e. The van der Waals surface area contributed by atoms with Crippen LogP contribution in [0.3, 0.4) is 0 Å². The fourth-order valence-electron chi connectivity index (χ4n) is 4.94. The molecule has 0 aliphatic carbocycles. The van der Waals surface area contributed by atoms with Crippen LogP contribution in [0.1, 0.15) is 65.7 Å². The Morgan fingerprint density at radius 1 is 1.00 bits per heavy atom. The van der Waals surface area contributed by atoms with Gasteiger partial charge in [0.1, 0.15) is 0 Å². The summed E-state index contributed by atoms with van der Waals surface area (Å²) in [6.45, 7) is 13.2. The monoisotopic (exact) mass is 418 g/mol. The number of anilines is 1. The summed E-state index contributed by atoms with van der Waals surface area (Å²) in [5.74, 6) is 0. The topological polar surface area (TPSA) is 33.1 Å². The van der Waals surface area contributed by atoms with Crippen LogP contribution in [0, 0.1) is 27.7 Å². The molecule has 1 aliphatic heterocycles. The molecule has 1 aromatic carbocycles. The van der Waals surface area contributed by atoms with E-state index in [2.05, 4.69) is 91.6 Å². The van der Waals surface area contributed by atoms with Gasteiger partial charge in [0.2, 0.25) is 0 Å². The molecule has 2 aromatic heterocycles.